The van der Waals surface area contributed by atoms with Crippen LogP contribution in [0.1, 0.15) is 127 Å². The smallest absolute Gasteiger partial charge is 0.124 e. The average molecular weight is 538 g/mol. The predicted octanol–water partition coefficient (Wildman–Crippen LogP) is 10.4. The van der Waals surface area contributed by atoms with Gasteiger partial charge in [0.05, 0.1) is 34.2 Å². The van der Waals surface area contributed by atoms with Crippen molar-refractivity contribution in [3.63, 3.8) is 0 Å². The van der Waals surface area contributed by atoms with E-state index in [2.05, 4.69) is 98.4 Å². The number of benzene rings is 2. The molecule has 0 aliphatic rings. The lowest BCUT2D eigenvalue weighted by Crippen LogP contribution is -2.08. The number of ether oxygens (including phenoxy) is 1. The quantitative estimate of drug-likeness (QED) is 0.180. The number of aliphatic imine (C=N–C) groups is 2. The molecule has 0 bridgehead atoms. The van der Waals surface area contributed by atoms with Gasteiger partial charge in [-0.25, -0.2) is 4.98 Å². The molecule has 4 heteroatoms. The van der Waals surface area contributed by atoms with Crippen LogP contribution < -0.4 is 4.74 Å². The molecule has 0 amide bonds. The van der Waals surface area contributed by atoms with E-state index < -0.39 is 0 Å². The summed E-state index contributed by atoms with van der Waals surface area (Å²) >= 11 is 0. The van der Waals surface area contributed by atoms with E-state index in [1.54, 1.807) is 6.08 Å². The van der Waals surface area contributed by atoms with E-state index in [4.69, 9.17) is 19.7 Å². The number of pyridine rings is 1. The number of hydrogen-bond donors (Lipinski definition) is 0. The first kappa shape index (κ1) is 31.0. The summed E-state index contributed by atoms with van der Waals surface area (Å²) in [6, 6.07) is 16.9. The maximum absolute atomic E-state index is 6.02. The summed E-state index contributed by atoms with van der Waals surface area (Å²) in [4.78, 5) is 15.4. The summed E-state index contributed by atoms with van der Waals surface area (Å²) < 4.78 is 6.02. The van der Waals surface area contributed by atoms with Gasteiger partial charge >= 0.3 is 0 Å². The number of hydrogen-bond acceptors (Lipinski definition) is 4. The molecule has 212 valence electrons. The first-order chi connectivity index (χ1) is 18.9. The summed E-state index contributed by atoms with van der Waals surface area (Å²) in [6.07, 6.45) is 1.75. The van der Waals surface area contributed by atoms with E-state index in [1.165, 1.54) is 22.3 Å². The SMILES string of the molecule is C=CCOc1cc(C(C)=Nc2c(C(C)C)cccc2C(C)C)nc(C(C)=Nc2c(C(C)C)cccc2C(C)C)c1. The molecule has 0 radical (unpaired) electrons. The van der Waals surface area contributed by atoms with Crippen molar-refractivity contribution in [2.75, 3.05) is 6.61 Å². The van der Waals surface area contributed by atoms with Crippen molar-refractivity contribution in [3.05, 3.63) is 94.8 Å². The normalized spacial score (nSPS) is 12.7. The third-order valence-electron chi connectivity index (χ3n) is 7.15. The van der Waals surface area contributed by atoms with Crippen molar-refractivity contribution in [1.29, 1.82) is 0 Å². The summed E-state index contributed by atoms with van der Waals surface area (Å²) in [5.74, 6) is 2.18. The minimum absolute atomic E-state index is 0.363. The molecule has 0 saturated carbocycles. The van der Waals surface area contributed by atoms with Crippen molar-refractivity contribution in [2.24, 2.45) is 9.98 Å². The second-order valence-electron chi connectivity index (χ2n) is 11.8. The van der Waals surface area contributed by atoms with E-state index in [0.29, 0.717) is 30.3 Å². The molecule has 0 spiro atoms. The van der Waals surface area contributed by atoms with Gasteiger partial charge < -0.3 is 4.74 Å². The van der Waals surface area contributed by atoms with Gasteiger partial charge in [0.2, 0.25) is 0 Å². The fourth-order valence-electron chi connectivity index (χ4n) is 4.85. The molecule has 0 aliphatic carbocycles. The van der Waals surface area contributed by atoms with E-state index >= 15 is 0 Å². The second-order valence-corrected chi connectivity index (χ2v) is 11.8. The van der Waals surface area contributed by atoms with Gasteiger partial charge in [-0.1, -0.05) is 104 Å². The van der Waals surface area contributed by atoms with Crippen LogP contribution in [0.4, 0.5) is 11.4 Å². The molecule has 3 rings (SSSR count). The summed E-state index contributed by atoms with van der Waals surface area (Å²) in [7, 11) is 0. The molecule has 2 aromatic carbocycles. The molecule has 0 saturated heterocycles. The number of nitrogens with zero attached hydrogens (tertiary/aromatic N) is 3. The third-order valence-corrected chi connectivity index (χ3v) is 7.15. The minimum atomic E-state index is 0.363. The fraction of sp³-hybridized carbons (Fsp3) is 0.417. The molecule has 40 heavy (non-hydrogen) atoms. The van der Waals surface area contributed by atoms with Crippen LogP contribution in [0.2, 0.25) is 0 Å². The van der Waals surface area contributed by atoms with Crippen LogP contribution in [0, 0.1) is 0 Å². The maximum Gasteiger partial charge on any atom is 0.124 e. The molecule has 0 unspecified atom stereocenters. The van der Waals surface area contributed by atoms with Gasteiger partial charge in [-0.2, -0.15) is 0 Å². The van der Waals surface area contributed by atoms with Gasteiger partial charge in [-0.3, -0.25) is 9.98 Å². The Bertz CT molecular complexity index is 1240. The van der Waals surface area contributed by atoms with Crippen molar-refractivity contribution < 1.29 is 4.74 Å². The van der Waals surface area contributed by atoms with Gasteiger partial charge in [0, 0.05) is 12.1 Å². The highest BCUT2D eigenvalue weighted by atomic mass is 16.5. The highest BCUT2D eigenvalue weighted by Gasteiger charge is 2.17. The van der Waals surface area contributed by atoms with Crippen LogP contribution in [-0.4, -0.2) is 23.0 Å². The van der Waals surface area contributed by atoms with Gasteiger partial charge in [0.15, 0.2) is 0 Å². The van der Waals surface area contributed by atoms with Crippen molar-refractivity contribution >= 4 is 22.8 Å². The Balaban J connectivity index is 2.21. The van der Waals surface area contributed by atoms with Crippen LogP contribution in [0.5, 0.6) is 5.75 Å². The van der Waals surface area contributed by atoms with Crippen molar-refractivity contribution in [2.45, 2.75) is 92.9 Å². The Kier molecular flexibility index (Phi) is 10.6. The maximum atomic E-state index is 6.02. The number of aromatic nitrogens is 1. The van der Waals surface area contributed by atoms with Crippen molar-refractivity contribution in [1.82, 2.24) is 4.98 Å². The highest BCUT2D eigenvalue weighted by Crippen LogP contribution is 2.37. The lowest BCUT2D eigenvalue weighted by Gasteiger charge is -2.18. The molecular weight excluding hydrogens is 490 g/mol. The van der Waals surface area contributed by atoms with E-state index in [0.717, 1.165) is 39.9 Å². The standard InChI is InChI=1S/C36H47N3O/c1-12-19-40-28-20-33(26(10)37-35-29(22(2)3)15-13-16-30(35)23(4)5)39-34(21-28)27(11)38-36-31(24(6)7)17-14-18-32(36)25(8)9/h12-18,20-25H,1,19H2,2-11H3. The van der Waals surface area contributed by atoms with Crippen LogP contribution in [0.25, 0.3) is 0 Å². The molecule has 1 heterocycles. The van der Waals surface area contributed by atoms with E-state index in [9.17, 15) is 0 Å². The lowest BCUT2D eigenvalue weighted by atomic mass is 9.93. The molecule has 0 N–H and O–H groups in total. The van der Waals surface area contributed by atoms with Crippen LogP contribution in [-0.2, 0) is 0 Å². The van der Waals surface area contributed by atoms with E-state index in [1.807, 2.05) is 26.0 Å². The topological polar surface area (TPSA) is 46.8 Å². The summed E-state index contributed by atoms with van der Waals surface area (Å²) in [6.45, 7) is 26.0. The number of rotatable bonds is 11. The first-order valence-corrected chi connectivity index (χ1v) is 14.6. The van der Waals surface area contributed by atoms with Gasteiger partial charge in [0.25, 0.3) is 0 Å². The lowest BCUT2D eigenvalue weighted by molar-refractivity contribution is 0.362. The Morgan fingerprint density at radius 3 is 1.35 bits per heavy atom. The zero-order valence-electron chi connectivity index (χ0n) is 26.2. The molecular formula is C36H47N3O. The third kappa shape index (κ3) is 7.35. The van der Waals surface area contributed by atoms with Crippen molar-refractivity contribution in [3.8, 4) is 5.75 Å². The largest absolute Gasteiger partial charge is 0.489 e. The highest BCUT2D eigenvalue weighted by molar-refractivity contribution is 6.03. The van der Waals surface area contributed by atoms with Crippen LogP contribution in [0.3, 0.4) is 0 Å². The van der Waals surface area contributed by atoms with Gasteiger partial charge in [0.1, 0.15) is 12.4 Å². The molecule has 1 aromatic heterocycles. The molecule has 0 aliphatic heterocycles. The van der Waals surface area contributed by atoms with Crippen LogP contribution >= 0.6 is 0 Å². The average Bonchev–Trinajstić information content (AvgIpc) is 2.91. The Hall–Kier alpha value is -3.53. The Morgan fingerprint density at radius 2 is 1.05 bits per heavy atom. The first-order valence-electron chi connectivity index (χ1n) is 14.6. The van der Waals surface area contributed by atoms with Crippen LogP contribution in [0.15, 0.2) is 71.2 Å². The monoisotopic (exact) mass is 537 g/mol. The Labute approximate surface area is 242 Å². The summed E-state index contributed by atoms with van der Waals surface area (Å²) in [5, 5.41) is 0. The number of para-hydroxylation sites is 2. The zero-order chi connectivity index (χ0) is 29.6. The van der Waals surface area contributed by atoms with E-state index in [-0.39, 0.29) is 0 Å². The summed E-state index contributed by atoms with van der Waals surface area (Å²) in [5.41, 5.74) is 10.3. The Morgan fingerprint density at radius 1 is 0.700 bits per heavy atom. The zero-order valence-corrected chi connectivity index (χ0v) is 26.2. The predicted molar refractivity (Wildman–Crippen MR) is 173 cm³/mol. The molecule has 4 nitrogen and oxygen atoms in total. The molecule has 3 aromatic rings. The van der Waals surface area contributed by atoms with Gasteiger partial charge in [-0.15, -0.1) is 0 Å². The minimum Gasteiger partial charge on any atom is -0.489 e. The second kappa shape index (κ2) is 13.7. The molecule has 0 fully saturated rings. The van der Waals surface area contributed by atoms with Gasteiger partial charge in [-0.05, 0) is 59.8 Å². The molecule has 0 atom stereocenters. The fourth-order valence-corrected chi connectivity index (χ4v) is 4.85.